The van der Waals surface area contributed by atoms with E-state index in [1.807, 2.05) is 33.0 Å². The monoisotopic (exact) mass is 489 g/mol. The molecule has 1 aromatic carbocycles. The smallest absolute Gasteiger partial charge is 0.163 e. The van der Waals surface area contributed by atoms with Gasteiger partial charge in [-0.05, 0) is 68.9 Å². The van der Waals surface area contributed by atoms with Crippen LogP contribution >= 0.6 is 11.6 Å². The highest BCUT2D eigenvalue weighted by Crippen LogP contribution is 2.73. The van der Waals surface area contributed by atoms with E-state index in [0.717, 1.165) is 47.0 Å². The van der Waals surface area contributed by atoms with Gasteiger partial charge in [0.25, 0.3) is 0 Å². The molecule has 4 heterocycles. The molecule has 1 aliphatic heterocycles. The third-order valence-electron chi connectivity index (χ3n) is 8.30. The van der Waals surface area contributed by atoms with Crippen molar-refractivity contribution in [2.45, 2.75) is 57.1 Å². The average molecular weight is 490 g/mol. The van der Waals surface area contributed by atoms with E-state index in [2.05, 4.69) is 50.3 Å². The fourth-order valence-corrected chi connectivity index (χ4v) is 6.84. The van der Waals surface area contributed by atoms with E-state index in [-0.39, 0.29) is 23.7 Å². The molecule has 2 aliphatic carbocycles. The first kappa shape index (κ1) is 21.5. The van der Waals surface area contributed by atoms with Crippen LogP contribution in [-0.4, -0.2) is 44.6 Å². The standard InChI is InChI=1S/C27H28ClN5O2/c1-26(2)34-22-21(33-11-9-17-24(28)30-14-31-25(17)33)18-13-27(18,23(22)35-26)10-8-15-4-5-16-6-7-20(29-3)32-19(16)12-15/h4-7,9,11-12,14,18,21-23H,8,10,13H2,1-3H3,(H,29,32)/t18-,21-,22+,23+,27-/m1/s1. The molecule has 2 saturated carbocycles. The van der Waals surface area contributed by atoms with E-state index in [0.29, 0.717) is 11.1 Å². The Labute approximate surface area is 208 Å². The number of hydrogen-bond donors (Lipinski definition) is 1. The first-order chi connectivity index (χ1) is 16.9. The summed E-state index contributed by atoms with van der Waals surface area (Å²) in [5.74, 6) is 0.770. The highest BCUT2D eigenvalue weighted by molar-refractivity contribution is 6.33. The molecule has 5 atom stereocenters. The third kappa shape index (κ3) is 3.21. The number of aromatic nitrogens is 4. The van der Waals surface area contributed by atoms with Gasteiger partial charge in [-0.2, -0.15) is 0 Å². The molecule has 0 unspecified atom stereocenters. The molecule has 1 N–H and O–H groups in total. The summed E-state index contributed by atoms with van der Waals surface area (Å²) in [6, 6.07) is 12.9. The van der Waals surface area contributed by atoms with Gasteiger partial charge in [0.1, 0.15) is 29.0 Å². The Kier molecular flexibility index (Phi) is 4.54. The number of benzene rings is 1. The van der Waals surface area contributed by atoms with Crippen LogP contribution in [0.4, 0.5) is 5.82 Å². The van der Waals surface area contributed by atoms with Crippen molar-refractivity contribution in [2.75, 3.05) is 12.4 Å². The van der Waals surface area contributed by atoms with Gasteiger partial charge in [0.2, 0.25) is 0 Å². The van der Waals surface area contributed by atoms with Crippen molar-refractivity contribution in [2.24, 2.45) is 11.3 Å². The van der Waals surface area contributed by atoms with Crippen molar-refractivity contribution in [3.8, 4) is 0 Å². The number of fused-ring (bicyclic) bond motifs is 5. The van der Waals surface area contributed by atoms with Crippen molar-refractivity contribution >= 4 is 39.4 Å². The van der Waals surface area contributed by atoms with Gasteiger partial charge in [0, 0.05) is 24.0 Å². The van der Waals surface area contributed by atoms with Crippen molar-refractivity contribution in [3.05, 3.63) is 59.6 Å². The van der Waals surface area contributed by atoms with Crippen LogP contribution in [0.3, 0.4) is 0 Å². The van der Waals surface area contributed by atoms with Gasteiger partial charge in [0.05, 0.1) is 23.0 Å². The van der Waals surface area contributed by atoms with Crippen LogP contribution in [-0.2, 0) is 15.9 Å². The predicted octanol–water partition coefficient (Wildman–Crippen LogP) is 5.39. The van der Waals surface area contributed by atoms with E-state index in [4.69, 9.17) is 26.1 Å². The first-order valence-electron chi connectivity index (χ1n) is 12.3. The van der Waals surface area contributed by atoms with Gasteiger partial charge in [-0.1, -0.05) is 23.7 Å². The molecular formula is C27H28ClN5O2. The molecule has 0 bridgehead atoms. The van der Waals surface area contributed by atoms with Crippen LogP contribution in [0, 0.1) is 11.3 Å². The lowest BCUT2D eigenvalue weighted by Gasteiger charge is -2.24. The summed E-state index contributed by atoms with van der Waals surface area (Å²) in [7, 11) is 1.90. The number of ether oxygens (including phenoxy) is 2. The van der Waals surface area contributed by atoms with Gasteiger partial charge >= 0.3 is 0 Å². The molecule has 7 rings (SSSR count). The molecule has 3 aromatic heterocycles. The van der Waals surface area contributed by atoms with Crippen molar-refractivity contribution in [1.29, 1.82) is 0 Å². The second-order valence-electron chi connectivity index (χ2n) is 10.7. The second-order valence-corrected chi connectivity index (χ2v) is 11.0. The first-order valence-corrected chi connectivity index (χ1v) is 12.7. The van der Waals surface area contributed by atoms with E-state index >= 15 is 0 Å². The summed E-state index contributed by atoms with van der Waals surface area (Å²) < 4.78 is 15.3. The predicted molar refractivity (Wildman–Crippen MR) is 136 cm³/mol. The quantitative estimate of drug-likeness (QED) is 0.379. The summed E-state index contributed by atoms with van der Waals surface area (Å²) in [4.78, 5) is 13.5. The van der Waals surface area contributed by atoms with Crippen LogP contribution in [0.15, 0.2) is 48.9 Å². The Morgan fingerprint density at radius 1 is 1.14 bits per heavy atom. The summed E-state index contributed by atoms with van der Waals surface area (Å²) in [5, 5.41) is 5.66. The zero-order chi connectivity index (χ0) is 23.9. The molecule has 1 saturated heterocycles. The molecule has 0 spiro atoms. The van der Waals surface area contributed by atoms with Crippen LogP contribution in [0.2, 0.25) is 5.15 Å². The Bertz CT molecular complexity index is 1470. The van der Waals surface area contributed by atoms with Crippen LogP contribution in [0.1, 0.15) is 38.3 Å². The molecule has 180 valence electrons. The summed E-state index contributed by atoms with van der Waals surface area (Å²) in [6.07, 6.45) is 6.86. The van der Waals surface area contributed by atoms with E-state index in [1.54, 1.807) is 0 Å². The van der Waals surface area contributed by atoms with Crippen LogP contribution in [0.25, 0.3) is 21.9 Å². The van der Waals surface area contributed by atoms with Crippen molar-refractivity contribution in [1.82, 2.24) is 19.5 Å². The molecule has 3 aliphatic rings. The van der Waals surface area contributed by atoms with Gasteiger partial charge in [-0.3, -0.25) is 0 Å². The maximum absolute atomic E-state index is 6.57. The lowest BCUT2D eigenvalue weighted by Crippen LogP contribution is -2.32. The number of aryl methyl sites for hydroxylation is 1. The van der Waals surface area contributed by atoms with Gasteiger partial charge < -0.3 is 19.4 Å². The van der Waals surface area contributed by atoms with Gasteiger partial charge in [-0.15, -0.1) is 0 Å². The Balaban J connectivity index is 1.21. The average Bonchev–Trinajstić information content (AvgIpc) is 3.10. The Morgan fingerprint density at radius 2 is 2.00 bits per heavy atom. The summed E-state index contributed by atoms with van der Waals surface area (Å²) >= 11 is 6.36. The lowest BCUT2D eigenvalue weighted by atomic mass is 9.91. The van der Waals surface area contributed by atoms with Crippen molar-refractivity contribution in [3.63, 3.8) is 0 Å². The maximum atomic E-state index is 6.57. The fourth-order valence-electron chi connectivity index (χ4n) is 6.65. The minimum absolute atomic E-state index is 0.00968. The fraction of sp³-hybridized carbons (Fsp3) is 0.444. The summed E-state index contributed by atoms with van der Waals surface area (Å²) in [6.45, 7) is 4.04. The van der Waals surface area contributed by atoms with E-state index in [1.165, 1.54) is 11.9 Å². The highest BCUT2D eigenvalue weighted by atomic mass is 35.5. The van der Waals surface area contributed by atoms with E-state index < -0.39 is 5.79 Å². The number of hydrogen-bond acceptors (Lipinski definition) is 6. The second kappa shape index (κ2) is 7.38. The SMILES string of the molecule is CNc1ccc2ccc(CC[C@@]34C[C@@H]3[C@@H](n3ccc5c(Cl)ncnc53)[C@@H]3OC(C)(C)O[C@@H]34)cc2n1. The zero-order valence-corrected chi connectivity index (χ0v) is 20.8. The molecule has 0 amide bonds. The normalized spacial score (nSPS) is 30.5. The molecular weight excluding hydrogens is 462 g/mol. The largest absolute Gasteiger partial charge is 0.373 e. The lowest BCUT2D eigenvalue weighted by molar-refractivity contribution is -0.161. The van der Waals surface area contributed by atoms with E-state index in [9.17, 15) is 0 Å². The summed E-state index contributed by atoms with van der Waals surface area (Å²) in [5.41, 5.74) is 3.30. The van der Waals surface area contributed by atoms with Crippen LogP contribution < -0.4 is 5.32 Å². The molecule has 4 aromatic rings. The van der Waals surface area contributed by atoms with Crippen molar-refractivity contribution < 1.29 is 9.47 Å². The zero-order valence-electron chi connectivity index (χ0n) is 20.0. The molecule has 3 fully saturated rings. The number of anilines is 1. The Morgan fingerprint density at radius 3 is 2.86 bits per heavy atom. The third-order valence-corrected chi connectivity index (χ3v) is 8.60. The number of nitrogens with one attached hydrogen (secondary N) is 1. The van der Waals surface area contributed by atoms with Gasteiger partial charge in [-0.25, -0.2) is 15.0 Å². The minimum atomic E-state index is -0.597. The maximum Gasteiger partial charge on any atom is 0.163 e. The minimum Gasteiger partial charge on any atom is -0.373 e. The molecule has 0 radical (unpaired) electrons. The molecule has 7 nitrogen and oxygen atoms in total. The number of rotatable bonds is 5. The Hall–Kier alpha value is -2.74. The highest BCUT2D eigenvalue weighted by Gasteiger charge is 2.75. The number of pyridine rings is 1. The number of nitrogens with zero attached hydrogens (tertiary/aromatic N) is 4. The molecule has 8 heteroatoms. The topological polar surface area (TPSA) is 74.1 Å². The number of halogens is 1. The van der Waals surface area contributed by atoms with Crippen LogP contribution in [0.5, 0.6) is 0 Å². The molecule has 35 heavy (non-hydrogen) atoms. The van der Waals surface area contributed by atoms with Gasteiger partial charge in [0.15, 0.2) is 5.79 Å².